The normalized spacial score (nSPS) is 16.9. The van der Waals surface area contributed by atoms with E-state index in [0.717, 1.165) is 44.7 Å². The molecule has 2 rings (SSSR count). The second kappa shape index (κ2) is 8.39. The Labute approximate surface area is 132 Å². The van der Waals surface area contributed by atoms with Crippen molar-refractivity contribution in [3.05, 3.63) is 11.2 Å². The van der Waals surface area contributed by atoms with Gasteiger partial charge in [0, 0.05) is 25.7 Å². The lowest BCUT2D eigenvalue weighted by atomic mass is 10.0. The molecule has 0 aliphatic carbocycles. The molecular weight excluding hydrogens is 286 g/mol. The molecule has 0 saturated carbocycles. The van der Waals surface area contributed by atoms with Crippen molar-refractivity contribution in [2.24, 2.45) is 0 Å². The highest BCUT2D eigenvalue weighted by Gasteiger charge is 2.19. The molecule has 0 unspecified atom stereocenters. The second-order valence-electron chi connectivity index (χ2n) is 5.58. The van der Waals surface area contributed by atoms with Gasteiger partial charge >= 0.3 is 0 Å². The standard InChI is InChI=1S/C15H26ClN5/c1-3-7-17-15-18-11-13(16)14(20-15)19-12-5-9-21(8-4-2)10-6-12/h11-12H,3-10H2,1-2H3,(H2,17,18,19,20). The van der Waals surface area contributed by atoms with Crippen LogP contribution in [0.15, 0.2) is 6.20 Å². The van der Waals surface area contributed by atoms with E-state index in [0.29, 0.717) is 17.0 Å². The second-order valence-corrected chi connectivity index (χ2v) is 5.98. The maximum atomic E-state index is 6.20. The molecule has 0 radical (unpaired) electrons. The third-order valence-corrected chi connectivity index (χ3v) is 4.02. The van der Waals surface area contributed by atoms with Gasteiger partial charge in [0.2, 0.25) is 5.95 Å². The Morgan fingerprint density at radius 3 is 2.71 bits per heavy atom. The van der Waals surface area contributed by atoms with Crippen LogP contribution in [-0.4, -0.2) is 47.1 Å². The number of nitrogens with one attached hydrogen (secondary N) is 2. The van der Waals surface area contributed by atoms with Crippen LogP contribution in [0.3, 0.4) is 0 Å². The summed E-state index contributed by atoms with van der Waals surface area (Å²) in [6.07, 6.45) is 6.21. The lowest BCUT2D eigenvalue weighted by Gasteiger charge is -2.32. The highest BCUT2D eigenvalue weighted by molar-refractivity contribution is 6.32. The zero-order valence-electron chi connectivity index (χ0n) is 13.0. The summed E-state index contributed by atoms with van der Waals surface area (Å²) in [5.41, 5.74) is 0. The number of rotatable bonds is 7. The van der Waals surface area contributed by atoms with Crippen molar-refractivity contribution < 1.29 is 0 Å². The molecule has 2 heterocycles. The molecule has 1 saturated heterocycles. The minimum atomic E-state index is 0.449. The van der Waals surface area contributed by atoms with Crippen LogP contribution in [0.5, 0.6) is 0 Å². The van der Waals surface area contributed by atoms with E-state index >= 15 is 0 Å². The van der Waals surface area contributed by atoms with Crippen LogP contribution in [0.1, 0.15) is 39.5 Å². The van der Waals surface area contributed by atoms with Crippen LogP contribution in [0.25, 0.3) is 0 Å². The third-order valence-electron chi connectivity index (χ3n) is 3.75. The summed E-state index contributed by atoms with van der Waals surface area (Å²) in [5, 5.41) is 7.26. The smallest absolute Gasteiger partial charge is 0.224 e. The first kappa shape index (κ1) is 16.3. The number of hydrogen-bond acceptors (Lipinski definition) is 5. The fraction of sp³-hybridized carbons (Fsp3) is 0.733. The van der Waals surface area contributed by atoms with Gasteiger partial charge in [0.15, 0.2) is 5.82 Å². The maximum absolute atomic E-state index is 6.20. The number of anilines is 2. The van der Waals surface area contributed by atoms with Gasteiger partial charge < -0.3 is 15.5 Å². The van der Waals surface area contributed by atoms with Gasteiger partial charge in [-0.25, -0.2) is 4.98 Å². The Morgan fingerprint density at radius 1 is 1.29 bits per heavy atom. The van der Waals surface area contributed by atoms with Gasteiger partial charge in [0.1, 0.15) is 5.02 Å². The highest BCUT2D eigenvalue weighted by atomic mass is 35.5. The Bertz CT molecular complexity index is 432. The van der Waals surface area contributed by atoms with Crippen LogP contribution in [0, 0.1) is 0 Å². The Balaban J connectivity index is 1.90. The zero-order valence-corrected chi connectivity index (χ0v) is 13.8. The quantitative estimate of drug-likeness (QED) is 0.809. The van der Waals surface area contributed by atoms with E-state index in [1.807, 2.05) is 0 Å². The van der Waals surface area contributed by atoms with Gasteiger partial charge in [-0.05, 0) is 32.2 Å². The van der Waals surface area contributed by atoms with Crippen molar-refractivity contribution >= 4 is 23.4 Å². The summed E-state index contributed by atoms with van der Waals surface area (Å²) < 4.78 is 0. The van der Waals surface area contributed by atoms with E-state index in [2.05, 4.69) is 39.3 Å². The van der Waals surface area contributed by atoms with Crippen molar-refractivity contribution in [2.75, 3.05) is 36.8 Å². The van der Waals surface area contributed by atoms with Crippen molar-refractivity contribution in [1.82, 2.24) is 14.9 Å². The Hall–Kier alpha value is -1.07. The van der Waals surface area contributed by atoms with Gasteiger partial charge in [-0.1, -0.05) is 25.4 Å². The molecule has 0 aromatic carbocycles. The minimum Gasteiger partial charge on any atom is -0.366 e. The monoisotopic (exact) mass is 311 g/mol. The van der Waals surface area contributed by atoms with E-state index in [-0.39, 0.29) is 0 Å². The largest absolute Gasteiger partial charge is 0.366 e. The van der Waals surface area contributed by atoms with Crippen molar-refractivity contribution in [3.8, 4) is 0 Å². The van der Waals surface area contributed by atoms with Crippen LogP contribution in [0.4, 0.5) is 11.8 Å². The van der Waals surface area contributed by atoms with E-state index < -0.39 is 0 Å². The number of piperidine rings is 1. The first-order valence-electron chi connectivity index (χ1n) is 7.98. The van der Waals surface area contributed by atoms with Gasteiger partial charge in [-0.2, -0.15) is 4.98 Å². The topological polar surface area (TPSA) is 53.1 Å². The molecule has 1 fully saturated rings. The number of hydrogen-bond donors (Lipinski definition) is 2. The first-order chi connectivity index (χ1) is 10.2. The molecule has 2 N–H and O–H groups in total. The molecule has 1 aromatic rings. The highest BCUT2D eigenvalue weighted by Crippen LogP contribution is 2.23. The summed E-state index contributed by atoms with van der Waals surface area (Å²) >= 11 is 6.20. The van der Waals surface area contributed by atoms with Crippen LogP contribution >= 0.6 is 11.6 Å². The molecule has 0 amide bonds. The molecule has 0 spiro atoms. The number of nitrogens with zero attached hydrogens (tertiary/aromatic N) is 3. The molecule has 0 bridgehead atoms. The predicted octanol–water partition coefficient (Wildman–Crippen LogP) is 3.24. The van der Waals surface area contributed by atoms with Gasteiger partial charge in [0.25, 0.3) is 0 Å². The van der Waals surface area contributed by atoms with Crippen LogP contribution in [0.2, 0.25) is 5.02 Å². The molecule has 1 aromatic heterocycles. The Kier molecular flexibility index (Phi) is 6.51. The molecule has 21 heavy (non-hydrogen) atoms. The molecule has 5 nitrogen and oxygen atoms in total. The van der Waals surface area contributed by atoms with Crippen molar-refractivity contribution in [1.29, 1.82) is 0 Å². The van der Waals surface area contributed by atoms with Crippen LogP contribution < -0.4 is 10.6 Å². The zero-order chi connectivity index (χ0) is 15.1. The minimum absolute atomic E-state index is 0.449. The average Bonchev–Trinajstić information content (AvgIpc) is 2.50. The van der Waals surface area contributed by atoms with Gasteiger partial charge in [0.05, 0.1) is 6.20 Å². The molecule has 1 aliphatic heterocycles. The van der Waals surface area contributed by atoms with Crippen molar-refractivity contribution in [3.63, 3.8) is 0 Å². The van der Waals surface area contributed by atoms with Crippen molar-refractivity contribution in [2.45, 2.75) is 45.6 Å². The van der Waals surface area contributed by atoms with E-state index in [1.54, 1.807) is 6.20 Å². The van der Waals surface area contributed by atoms with Gasteiger partial charge in [-0.15, -0.1) is 0 Å². The summed E-state index contributed by atoms with van der Waals surface area (Å²) in [7, 11) is 0. The lowest BCUT2D eigenvalue weighted by molar-refractivity contribution is 0.219. The SMILES string of the molecule is CCCNc1ncc(Cl)c(NC2CCN(CCC)CC2)n1. The molecule has 1 aliphatic rings. The molecule has 0 atom stereocenters. The number of halogens is 1. The molecule has 6 heteroatoms. The predicted molar refractivity (Wildman–Crippen MR) is 89.2 cm³/mol. The van der Waals surface area contributed by atoms with Gasteiger partial charge in [-0.3, -0.25) is 0 Å². The summed E-state index contributed by atoms with van der Waals surface area (Å²) in [6.45, 7) is 8.72. The average molecular weight is 312 g/mol. The fourth-order valence-electron chi connectivity index (χ4n) is 2.60. The number of likely N-dealkylation sites (tertiary alicyclic amines) is 1. The first-order valence-corrected chi connectivity index (χ1v) is 8.36. The van der Waals surface area contributed by atoms with Crippen LogP contribution in [-0.2, 0) is 0 Å². The summed E-state index contributed by atoms with van der Waals surface area (Å²) in [5.74, 6) is 1.39. The Morgan fingerprint density at radius 2 is 2.05 bits per heavy atom. The lowest BCUT2D eigenvalue weighted by Crippen LogP contribution is -2.39. The van der Waals surface area contributed by atoms with E-state index in [1.165, 1.54) is 13.0 Å². The van der Waals surface area contributed by atoms with E-state index in [4.69, 9.17) is 11.6 Å². The molecule has 118 valence electrons. The molecular formula is C15H26ClN5. The fourth-order valence-corrected chi connectivity index (χ4v) is 2.75. The summed E-state index contributed by atoms with van der Waals surface area (Å²) in [4.78, 5) is 11.2. The summed E-state index contributed by atoms with van der Waals surface area (Å²) in [6, 6.07) is 0.449. The van der Waals surface area contributed by atoms with E-state index in [9.17, 15) is 0 Å². The maximum Gasteiger partial charge on any atom is 0.224 e. The number of aromatic nitrogens is 2. The third kappa shape index (κ3) is 5.00.